The quantitative estimate of drug-likeness (QED) is 0.0445. The van der Waals surface area contributed by atoms with Crippen molar-refractivity contribution in [1.82, 2.24) is 26.6 Å². The van der Waals surface area contributed by atoms with Crippen LogP contribution in [0.3, 0.4) is 0 Å². The number of unbranched alkanes of at least 4 members (excludes halogenated alkanes) is 1. The number of carbonyl (C=O) groups excluding carboxylic acids is 5. The summed E-state index contributed by atoms with van der Waals surface area (Å²) < 4.78 is 11.2. The summed E-state index contributed by atoms with van der Waals surface area (Å²) in [6, 6.07) is 32.8. The number of benzene rings is 4. The first-order valence-corrected chi connectivity index (χ1v) is 20.7. The van der Waals surface area contributed by atoms with Gasteiger partial charge in [0.2, 0.25) is 23.6 Å². The third kappa shape index (κ3) is 14.2. The first-order valence-electron chi connectivity index (χ1n) is 20.7. The van der Waals surface area contributed by atoms with Crippen LogP contribution < -0.4 is 31.3 Å². The Morgan fingerprint density at radius 3 is 1.68 bits per heavy atom. The van der Waals surface area contributed by atoms with E-state index >= 15 is 0 Å². The first-order chi connectivity index (χ1) is 29.4. The summed E-state index contributed by atoms with van der Waals surface area (Å²) in [5.74, 6) is -3.49. The number of nitrogens with one attached hydrogen (secondary N) is 5. The molecular weight excluding hydrogens is 791 g/mol. The van der Waals surface area contributed by atoms with E-state index in [-0.39, 0.29) is 19.3 Å². The highest BCUT2D eigenvalue weighted by atomic mass is 16.6. The number of carbonyl (C=O) groups is 6. The van der Waals surface area contributed by atoms with E-state index in [0.717, 1.165) is 29.5 Å². The molecule has 0 spiro atoms. The standard InChI is InChI=1S/C48H59N5O9/c1-7-8-30-61-37-26-24-33(25-27-37)31-39(51-45(60)62-46(2,3)4)43(58)53-47(5,6)44(59)50-38(42(57)49-32-41(55)56)28-29-40(54)52-48(34-18-12-9-13-19-34,35-20-14-10-15-21-35)36-22-16-11-17-23-36/h9-27,38-39H,7-8,28-32H2,1-6H3,(H,49,57)(H,50,59)(H,51,60)(H,52,54)(H,53,58)(H,55,56)/t38-,39-/m0/s1. The number of alkyl carbamates (subject to hydrolysis) is 1. The lowest BCUT2D eigenvalue weighted by Gasteiger charge is -2.37. The number of carboxylic acids is 1. The molecule has 0 aliphatic carbocycles. The van der Waals surface area contributed by atoms with E-state index in [0.29, 0.717) is 17.9 Å². The molecule has 14 heteroatoms. The lowest BCUT2D eigenvalue weighted by atomic mass is 9.77. The maximum absolute atomic E-state index is 14.1. The van der Waals surface area contributed by atoms with Crippen LogP contribution in [0.4, 0.5) is 4.79 Å². The highest BCUT2D eigenvalue weighted by Gasteiger charge is 2.39. The number of carboxylic acid groups (broad SMARTS) is 1. The number of aliphatic carboxylic acids is 1. The second-order valence-electron chi connectivity index (χ2n) is 16.4. The summed E-state index contributed by atoms with van der Waals surface area (Å²) in [6.45, 7) is 9.78. The van der Waals surface area contributed by atoms with Gasteiger partial charge in [0.15, 0.2) is 0 Å². The van der Waals surface area contributed by atoms with Gasteiger partial charge in [-0.2, -0.15) is 0 Å². The molecule has 0 bridgehead atoms. The second-order valence-corrected chi connectivity index (χ2v) is 16.4. The predicted octanol–water partition coefficient (Wildman–Crippen LogP) is 5.77. The highest BCUT2D eigenvalue weighted by Crippen LogP contribution is 2.37. The lowest BCUT2D eigenvalue weighted by molar-refractivity contribution is -0.139. The number of hydrogen-bond acceptors (Lipinski definition) is 8. The third-order valence-corrected chi connectivity index (χ3v) is 9.78. The van der Waals surface area contributed by atoms with Crippen molar-refractivity contribution in [3.05, 3.63) is 138 Å². The average molecular weight is 850 g/mol. The number of amides is 5. The van der Waals surface area contributed by atoms with E-state index in [1.54, 1.807) is 45.0 Å². The van der Waals surface area contributed by atoms with E-state index in [4.69, 9.17) is 9.47 Å². The van der Waals surface area contributed by atoms with Crippen LogP contribution >= 0.6 is 0 Å². The SMILES string of the molecule is CCCCOc1ccc(C[C@H](NC(=O)OC(C)(C)C)C(=O)NC(C)(C)C(=O)N[C@@H](CCC(=O)NC(c2ccccc2)(c2ccccc2)c2ccccc2)C(=O)NCC(=O)O)cc1. The van der Waals surface area contributed by atoms with Gasteiger partial charge in [0.1, 0.15) is 41.1 Å². The molecule has 0 saturated carbocycles. The van der Waals surface area contributed by atoms with Crippen LogP contribution in [-0.4, -0.2) is 77.2 Å². The Kier molecular flexibility index (Phi) is 17.2. The first kappa shape index (κ1) is 48.0. The molecule has 0 unspecified atom stereocenters. The molecule has 0 aromatic heterocycles. The van der Waals surface area contributed by atoms with Crippen LogP contribution in [0.5, 0.6) is 5.75 Å². The van der Waals surface area contributed by atoms with E-state index in [9.17, 15) is 33.9 Å². The number of hydrogen-bond donors (Lipinski definition) is 6. The maximum Gasteiger partial charge on any atom is 0.408 e. The molecule has 62 heavy (non-hydrogen) atoms. The molecule has 14 nitrogen and oxygen atoms in total. The molecule has 6 N–H and O–H groups in total. The smallest absolute Gasteiger partial charge is 0.408 e. The van der Waals surface area contributed by atoms with Gasteiger partial charge in [0.05, 0.1) is 6.61 Å². The van der Waals surface area contributed by atoms with Gasteiger partial charge in [-0.15, -0.1) is 0 Å². The Morgan fingerprint density at radius 1 is 0.661 bits per heavy atom. The molecule has 0 radical (unpaired) electrons. The van der Waals surface area contributed by atoms with E-state index < -0.39 is 71.0 Å². The molecule has 4 aromatic carbocycles. The summed E-state index contributed by atoms with van der Waals surface area (Å²) in [4.78, 5) is 79.8. The molecule has 0 fully saturated rings. The van der Waals surface area contributed by atoms with Gasteiger partial charge in [-0.3, -0.25) is 24.0 Å². The summed E-state index contributed by atoms with van der Waals surface area (Å²) >= 11 is 0. The Balaban J connectivity index is 1.55. The molecule has 0 saturated heterocycles. The van der Waals surface area contributed by atoms with Gasteiger partial charge >= 0.3 is 12.1 Å². The molecule has 2 atom stereocenters. The Bertz CT molecular complexity index is 2010. The average Bonchev–Trinajstić information content (AvgIpc) is 3.23. The molecule has 4 aromatic rings. The molecule has 0 aliphatic rings. The summed E-state index contributed by atoms with van der Waals surface area (Å²) in [5.41, 5.74) is -0.665. The van der Waals surface area contributed by atoms with Crippen molar-refractivity contribution in [3.8, 4) is 5.75 Å². The second kappa shape index (κ2) is 22.2. The van der Waals surface area contributed by atoms with Crippen LogP contribution in [-0.2, 0) is 40.7 Å². The van der Waals surface area contributed by atoms with Gasteiger partial charge < -0.3 is 41.2 Å². The van der Waals surface area contributed by atoms with E-state index in [2.05, 4.69) is 33.5 Å². The minimum atomic E-state index is -1.68. The summed E-state index contributed by atoms with van der Waals surface area (Å²) in [6.07, 6.45) is 0.567. The minimum Gasteiger partial charge on any atom is -0.494 e. The fourth-order valence-electron chi connectivity index (χ4n) is 6.62. The Hall–Kier alpha value is -6.70. The van der Waals surface area contributed by atoms with Crippen LogP contribution in [0.2, 0.25) is 0 Å². The zero-order valence-corrected chi connectivity index (χ0v) is 36.3. The van der Waals surface area contributed by atoms with Crippen molar-refractivity contribution in [1.29, 1.82) is 0 Å². The minimum absolute atomic E-state index is 0.0315. The molecule has 0 heterocycles. The van der Waals surface area contributed by atoms with Crippen molar-refractivity contribution < 1.29 is 43.3 Å². The zero-order valence-electron chi connectivity index (χ0n) is 36.3. The fourth-order valence-corrected chi connectivity index (χ4v) is 6.62. The van der Waals surface area contributed by atoms with Crippen molar-refractivity contribution >= 4 is 35.7 Å². The molecule has 0 aliphatic heterocycles. The molecule has 5 amide bonds. The van der Waals surface area contributed by atoms with Gasteiger partial charge in [-0.25, -0.2) is 4.79 Å². The van der Waals surface area contributed by atoms with Gasteiger partial charge in [-0.05, 0) is 81.8 Å². The summed E-state index contributed by atoms with van der Waals surface area (Å²) in [5, 5.41) is 22.7. The van der Waals surface area contributed by atoms with E-state index in [1.807, 2.05) is 91.0 Å². The van der Waals surface area contributed by atoms with Crippen LogP contribution in [0.15, 0.2) is 115 Å². The Labute approximate surface area is 363 Å². The van der Waals surface area contributed by atoms with Crippen molar-refractivity contribution in [2.45, 2.75) is 102 Å². The Morgan fingerprint density at radius 2 is 1.19 bits per heavy atom. The van der Waals surface area contributed by atoms with Crippen LogP contribution in [0.25, 0.3) is 0 Å². The van der Waals surface area contributed by atoms with Crippen molar-refractivity contribution in [2.24, 2.45) is 0 Å². The topological polar surface area (TPSA) is 201 Å². The molecule has 4 rings (SSSR count). The van der Waals surface area contributed by atoms with Crippen LogP contribution in [0.1, 0.15) is 89.5 Å². The molecule has 330 valence electrons. The highest BCUT2D eigenvalue weighted by molar-refractivity contribution is 5.96. The summed E-state index contributed by atoms with van der Waals surface area (Å²) in [7, 11) is 0. The number of ether oxygens (including phenoxy) is 2. The monoisotopic (exact) mass is 849 g/mol. The predicted molar refractivity (Wildman–Crippen MR) is 235 cm³/mol. The molecular formula is C48H59N5O9. The van der Waals surface area contributed by atoms with Crippen molar-refractivity contribution in [2.75, 3.05) is 13.2 Å². The van der Waals surface area contributed by atoms with Gasteiger partial charge in [0.25, 0.3) is 0 Å². The lowest BCUT2D eigenvalue weighted by Crippen LogP contribution is -2.62. The number of rotatable bonds is 21. The van der Waals surface area contributed by atoms with Gasteiger partial charge in [-0.1, -0.05) is 116 Å². The maximum atomic E-state index is 14.1. The zero-order chi connectivity index (χ0) is 45.3. The third-order valence-electron chi connectivity index (χ3n) is 9.78. The van der Waals surface area contributed by atoms with Gasteiger partial charge in [0, 0.05) is 12.8 Å². The van der Waals surface area contributed by atoms with Crippen molar-refractivity contribution in [3.63, 3.8) is 0 Å². The van der Waals surface area contributed by atoms with Crippen LogP contribution in [0, 0.1) is 0 Å². The normalized spacial score (nSPS) is 12.5. The van der Waals surface area contributed by atoms with E-state index in [1.165, 1.54) is 13.8 Å². The largest absolute Gasteiger partial charge is 0.494 e. The fraction of sp³-hybridized carbons (Fsp3) is 0.375.